The smallest absolute Gasteiger partial charge is 0.341 e. The monoisotopic (exact) mass is 427 g/mol. The molecule has 0 saturated heterocycles. The normalized spacial score (nSPS) is 15.0. The van der Waals surface area contributed by atoms with Crippen molar-refractivity contribution in [1.82, 2.24) is 0 Å². The number of nitrogens with one attached hydrogen (secondary N) is 1. The minimum Gasteiger partial charge on any atom is -0.462 e. The van der Waals surface area contributed by atoms with Crippen LogP contribution in [-0.2, 0) is 22.4 Å². The summed E-state index contributed by atoms with van der Waals surface area (Å²) in [5.41, 5.74) is 2.42. The highest BCUT2D eigenvalue weighted by Gasteiger charge is 2.26. The number of benzene rings is 1. The van der Waals surface area contributed by atoms with Crippen LogP contribution in [0, 0.1) is 0 Å². The Labute approximate surface area is 179 Å². The Morgan fingerprint density at radius 3 is 2.87 bits per heavy atom. The molecule has 30 heavy (non-hydrogen) atoms. The number of hydrogen-bond acceptors (Lipinski definition) is 6. The first kappa shape index (κ1) is 20.5. The van der Waals surface area contributed by atoms with Crippen molar-refractivity contribution in [2.24, 2.45) is 0 Å². The summed E-state index contributed by atoms with van der Waals surface area (Å²) in [6, 6.07) is 5.50. The van der Waals surface area contributed by atoms with Crippen LogP contribution in [0.1, 0.15) is 59.0 Å². The summed E-state index contributed by atoms with van der Waals surface area (Å²) in [5.74, 6) is 0.743. The summed E-state index contributed by atoms with van der Waals surface area (Å²) in [5, 5.41) is 3.49. The maximum Gasteiger partial charge on any atom is 0.341 e. The SMILES string of the molecule is CCCOC(=O)c1c(NC(=O)/C=C\c2ccc3c(c2)OCO3)sc2c1CCCCC2. The van der Waals surface area contributed by atoms with Crippen molar-refractivity contribution >= 4 is 34.3 Å². The van der Waals surface area contributed by atoms with Crippen LogP contribution in [-0.4, -0.2) is 25.3 Å². The maximum atomic E-state index is 12.7. The van der Waals surface area contributed by atoms with Gasteiger partial charge in [0.1, 0.15) is 5.00 Å². The molecule has 2 heterocycles. The summed E-state index contributed by atoms with van der Waals surface area (Å²) in [6.07, 6.45) is 9.04. The van der Waals surface area contributed by atoms with Crippen LogP contribution in [0.3, 0.4) is 0 Å². The molecule has 2 aromatic rings. The van der Waals surface area contributed by atoms with E-state index in [1.807, 2.05) is 25.1 Å². The van der Waals surface area contributed by atoms with Gasteiger partial charge >= 0.3 is 5.97 Å². The van der Waals surface area contributed by atoms with Crippen molar-refractivity contribution in [3.8, 4) is 11.5 Å². The molecule has 158 valence electrons. The second kappa shape index (κ2) is 9.34. The van der Waals surface area contributed by atoms with E-state index in [0.717, 1.165) is 49.7 Å². The predicted molar refractivity (Wildman–Crippen MR) is 116 cm³/mol. The lowest BCUT2D eigenvalue weighted by molar-refractivity contribution is -0.111. The average molecular weight is 428 g/mol. The van der Waals surface area contributed by atoms with E-state index in [0.29, 0.717) is 28.7 Å². The molecule has 0 bridgehead atoms. The van der Waals surface area contributed by atoms with Gasteiger partial charge in [-0.05, 0) is 61.4 Å². The van der Waals surface area contributed by atoms with Crippen LogP contribution in [0.2, 0.25) is 0 Å². The summed E-state index contributed by atoms with van der Waals surface area (Å²) in [4.78, 5) is 26.5. The zero-order valence-electron chi connectivity index (χ0n) is 17.0. The van der Waals surface area contributed by atoms with Gasteiger partial charge in [0, 0.05) is 11.0 Å². The van der Waals surface area contributed by atoms with Gasteiger partial charge in [0.15, 0.2) is 11.5 Å². The quantitative estimate of drug-likeness (QED) is 0.400. The third kappa shape index (κ3) is 4.51. The van der Waals surface area contributed by atoms with E-state index >= 15 is 0 Å². The number of thiophene rings is 1. The van der Waals surface area contributed by atoms with Crippen molar-refractivity contribution in [2.45, 2.75) is 45.4 Å². The summed E-state index contributed by atoms with van der Waals surface area (Å²) < 4.78 is 16.1. The number of hydrogen-bond donors (Lipinski definition) is 1. The van der Waals surface area contributed by atoms with Gasteiger partial charge in [0.05, 0.1) is 12.2 Å². The Kier molecular flexibility index (Phi) is 6.38. The third-order valence-electron chi connectivity index (χ3n) is 5.12. The molecule has 4 rings (SSSR count). The van der Waals surface area contributed by atoms with E-state index in [2.05, 4.69) is 5.32 Å². The van der Waals surface area contributed by atoms with Gasteiger partial charge in [-0.25, -0.2) is 4.79 Å². The average Bonchev–Trinajstić information content (AvgIpc) is 3.27. The zero-order chi connectivity index (χ0) is 20.9. The van der Waals surface area contributed by atoms with E-state index in [1.54, 1.807) is 6.08 Å². The Morgan fingerprint density at radius 2 is 2.00 bits per heavy atom. The van der Waals surface area contributed by atoms with Gasteiger partial charge in [0.25, 0.3) is 0 Å². The van der Waals surface area contributed by atoms with Crippen LogP contribution in [0.15, 0.2) is 24.3 Å². The van der Waals surface area contributed by atoms with Crippen molar-refractivity contribution in [3.05, 3.63) is 45.8 Å². The number of anilines is 1. The molecule has 0 spiro atoms. The fourth-order valence-corrected chi connectivity index (χ4v) is 4.94. The maximum absolute atomic E-state index is 12.7. The van der Waals surface area contributed by atoms with Crippen LogP contribution in [0.25, 0.3) is 6.08 Å². The minimum atomic E-state index is -0.341. The molecule has 1 aliphatic carbocycles. The molecule has 2 aliphatic rings. The van der Waals surface area contributed by atoms with E-state index in [9.17, 15) is 9.59 Å². The van der Waals surface area contributed by atoms with Gasteiger partial charge < -0.3 is 19.5 Å². The number of ether oxygens (including phenoxy) is 3. The lowest BCUT2D eigenvalue weighted by Gasteiger charge is -2.08. The second-order valence-corrected chi connectivity index (χ2v) is 8.44. The predicted octanol–water partition coefficient (Wildman–Crippen LogP) is 4.96. The van der Waals surface area contributed by atoms with Crippen molar-refractivity contribution < 1.29 is 23.8 Å². The molecule has 1 aliphatic heterocycles. The van der Waals surface area contributed by atoms with E-state index in [1.165, 1.54) is 22.3 Å². The number of esters is 1. The number of aryl methyl sites for hydroxylation is 1. The number of fused-ring (bicyclic) bond motifs is 2. The number of carbonyl (C=O) groups is 2. The van der Waals surface area contributed by atoms with Crippen molar-refractivity contribution in [3.63, 3.8) is 0 Å². The molecule has 0 unspecified atom stereocenters. The van der Waals surface area contributed by atoms with Gasteiger partial charge in [0.2, 0.25) is 12.7 Å². The number of amides is 1. The van der Waals surface area contributed by atoms with Crippen LogP contribution >= 0.6 is 11.3 Å². The summed E-state index contributed by atoms with van der Waals surface area (Å²) in [7, 11) is 0. The van der Waals surface area contributed by atoms with Crippen LogP contribution in [0.5, 0.6) is 11.5 Å². The molecule has 0 fully saturated rings. The molecule has 1 N–H and O–H groups in total. The minimum absolute atomic E-state index is 0.211. The van der Waals surface area contributed by atoms with Crippen molar-refractivity contribution in [1.29, 1.82) is 0 Å². The number of carbonyl (C=O) groups excluding carboxylic acids is 2. The summed E-state index contributed by atoms with van der Waals surface area (Å²) >= 11 is 1.50. The van der Waals surface area contributed by atoms with Crippen LogP contribution in [0.4, 0.5) is 5.00 Å². The standard InChI is InChI=1S/C23H25NO5S/c1-2-12-27-23(26)21-16-6-4-3-5-7-19(16)30-22(21)24-20(25)11-9-15-8-10-17-18(13-15)29-14-28-17/h8-11,13H,2-7,12,14H2,1H3,(H,24,25)/b11-9-. The lowest BCUT2D eigenvalue weighted by atomic mass is 10.1. The van der Waals surface area contributed by atoms with Gasteiger partial charge in [-0.2, -0.15) is 0 Å². The van der Waals surface area contributed by atoms with E-state index < -0.39 is 0 Å². The molecular weight excluding hydrogens is 402 g/mol. The first-order valence-electron chi connectivity index (χ1n) is 10.4. The highest BCUT2D eigenvalue weighted by atomic mass is 32.1. The lowest BCUT2D eigenvalue weighted by Crippen LogP contribution is -2.13. The molecule has 6 nitrogen and oxygen atoms in total. The Morgan fingerprint density at radius 1 is 1.17 bits per heavy atom. The molecule has 1 aromatic carbocycles. The topological polar surface area (TPSA) is 73.9 Å². The van der Waals surface area contributed by atoms with Crippen molar-refractivity contribution in [2.75, 3.05) is 18.7 Å². The molecule has 0 radical (unpaired) electrons. The molecular formula is C23H25NO5S. The Bertz CT molecular complexity index is 978. The second-order valence-electron chi connectivity index (χ2n) is 7.34. The largest absolute Gasteiger partial charge is 0.462 e. The zero-order valence-corrected chi connectivity index (χ0v) is 17.8. The highest BCUT2D eigenvalue weighted by Crippen LogP contribution is 2.38. The molecule has 1 amide bonds. The van der Waals surface area contributed by atoms with Gasteiger partial charge in [-0.15, -0.1) is 11.3 Å². The summed E-state index contributed by atoms with van der Waals surface area (Å²) in [6.45, 7) is 2.55. The molecule has 1 aromatic heterocycles. The molecule has 0 saturated carbocycles. The van der Waals surface area contributed by atoms with Crippen LogP contribution < -0.4 is 14.8 Å². The Balaban J connectivity index is 1.52. The Hall–Kier alpha value is -2.80. The third-order valence-corrected chi connectivity index (χ3v) is 6.33. The van der Waals surface area contributed by atoms with Gasteiger partial charge in [-0.1, -0.05) is 19.4 Å². The first-order chi connectivity index (χ1) is 14.7. The fourth-order valence-electron chi connectivity index (χ4n) is 3.66. The van der Waals surface area contributed by atoms with E-state index in [-0.39, 0.29) is 18.7 Å². The fraction of sp³-hybridized carbons (Fsp3) is 0.391. The number of rotatable bonds is 6. The highest BCUT2D eigenvalue weighted by molar-refractivity contribution is 7.17. The van der Waals surface area contributed by atoms with Gasteiger partial charge in [-0.3, -0.25) is 4.79 Å². The van der Waals surface area contributed by atoms with E-state index in [4.69, 9.17) is 14.2 Å². The molecule has 0 atom stereocenters. The first-order valence-corrected chi connectivity index (χ1v) is 11.2. The molecule has 7 heteroatoms.